The molecule has 2 aromatic rings. The summed E-state index contributed by atoms with van der Waals surface area (Å²) in [6.07, 6.45) is 6.04. The minimum Gasteiger partial charge on any atom is -0.335 e. The molecule has 25 heavy (non-hydrogen) atoms. The molecule has 0 bridgehead atoms. The van der Waals surface area contributed by atoms with Crippen molar-refractivity contribution in [2.45, 2.75) is 38.1 Å². The summed E-state index contributed by atoms with van der Waals surface area (Å²) in [5, 5.41) is 0. The van der Waals surface area contributed by atoms with Gasteiger partial charge >= 0.3 is 0 Å². The zero-order valence-corrected chi connectivity index (χ0v) is 14.2. The van der Waals surface area contributed by atoms with Gasteiger partial charge < -0.3 is 4.90 Å². The van der Waals surface area contributed by atoms with Gasteiger partial charge in [0, 0.05) is 29.3 Å². The lowest BCUT2D eigenvalue weighted by Gasteiger charge is -2.37. The van der Waals surface area contributed by atoms with Crippen LogP contribution in [0.1, 0.15) is 58.4 Å². The van der Waals surface area contributed by atoms with Crippen LogP contribution in [0.2, 0.25) is 0 Å². The zero-order valence-electron chi connectivity index (χ0n) is 14.2. The van der Waals surface area contributed by atoms with E-state index >= 15 is 0 Å². The number of carbonyl (C=O) groups is 2. The zero-order chi connectivity index (χ0) is 17.0. The van der Waals surface area contributed by atoms with Crippen molar-refractivity contribution in [1.82, 2.24) is 4.90 Å². The number of amides is 1. The van der Waals surface area contributed by atoms with Crippen LogP contribution in [0.3, 0.4) is 0 Å². The second-order valence-electron chi connectivity index (χ2n) is 7.53. The molecule has 1 saturated heterocycles. The van der Waals surface area contributed by atoms with Crippen LogP contribution in [-0.4, -0.2) is 29.2 Å². The van der Waals surface area contributed by atoms with Gasteiger partial charge in [-0.3, -0.25) is 9.59 Å². The van der Waals surface area contributed by atoms with Crippen molar-refractivity contribution in [2.75, 3.05) is 6.54 Å². The van der Waals surface area contributed by atoms with Gasteiger partial charge in [0.2, 0.25) is 0 Å². The number of carbonyl (C=O) groups excluding carboxylic acids is 2. The van der Waals surface area contributed by atoms with Gasteiger partial charge in [0.1, 0.15) is 0 Å². The fourth-order valence-electron chi connectivity index (χ4n) is 4.69. The lowest BCUT2D eigenvalue weighted by Crippen LogP contribution is -2.42. The summed E-state index contributed by atoms with van der Waals surface area (Å²) in [6, 6.07) is 13.8. The van der Waals surface area contributed by atoms with Gasteiger partial charge in [-0.25, -0.2) is 0 Å². The molecule has 3 aliphatic rings. The van der Waals surface area contributed by atoms with Crippen LogP contribution in [0.25, 0.3) is 11.1 Å². The van der Waals surface area contributed by atoms with Crippen LogP contribution in [0, 0.1) is 5.92 Å². The Kier molecular flexibility index (Phi) is 3.30. The van der Waals surface area contributed by atoms with Gasteiger partial charge in [-0.1, -0.05) is 36.8 Å². The summed E-state index contributed by atoms with van der Waals surface area (Å²) in [5.74, 6) is 0.824. The lowest BCUT2D eigenvalue weighted by atomic mass is 9.78. The van der Waals surface area contributed by atoms with Crippen molar-refractivity contribution in [1.29, 1.82) is 0 Å². The summed E-state index contributed by atoms with van der Waals surface area (Å²) in [4.78, 5) is 27.9. The molecule has 0 spiro atoms. The van der Waals surface area contributed by atoms with Crippen LogP contribution in [0.4, 0.5) is 0 Å². The van der Waals surface area contributed by atoms with Crippen molar-refractivity contribution < 1.29 is 9.59 Å². The highest BCUT2D eigenvalue weighted by molar-refractivity contribution is 6.22. The molecule has 126 valence electrons. The number of rotatable bonds is 2. The van der Waals surface area contributed by atoms with Gasteiger partial charge in [-0.05, 0) is 54.9 Å². The Morgan fingerprint density at radius 2 is 1.64 bits per heavy atom. The molecule has 0 radical (unpaired) electrons. The first-order valence-corrected chi connectivity index (χ1v) is 9.33. The van der Waals surface area contributed by atoms with E-state index in [0.717, 1.165) is 36.1 Å². The molecule has 1 saturated carbocycles. The highest BCUT2D eigenvalue weighted by Crippen LogP contribution is 2.39. The van der Waals surface area contributed by atoms with Crippen LogP contribution < -0.4 is 0 Å². The smallest absolute Gasteiger partial charge is 0.254 e. The topological polar surface area (TPSA) is 37.4 Å². The Hall–Kier alpha value is -2.42. The Bertz CT molecular complexity index is 881. The summed E-state index contributed by atoms with van der Waals surface area (Å²) in [7, 11) is 0. The molecule has 5 rings (SSSR count). The maximum Gasteiger partial charge on any atom is 0.254 e. The Morgan fingerprint density at radius 1 is 0.880 bits per heavy atom. The van der Waals surface area contributed by atoms with Gasteiger partial charge in [-0.15, -0.1) is 0 Å². The largest absolute Gasteiger partial charge is 0.335 e. The first-order chi connectivity index (χ1) is 12.2. The fourth-order valence-corrected chi connectivity index (χ4v) is 4.69. The maximum atomic E-state index is 13.1. The first-order valence-electron chi connectivity index (χ1n) is 9.33. The predicted octanol–water partition coefficient (Wildman–Crippen LogP) is 4.30. The van der Waals surface area contributed by atoms with Crippen LogP contribution in [0.5, 0.6) is 0 Å². The highest BCUT2D eigenvalue weighted by Gasteiger charge is 2.38. The van der Waals surface area contributed by atoms with E-state index in [0.29, 0.717) is 23.1 Å². The SMILES string of the molecule is O=C1c2ccccc2-c2ccc(C(=O)N3CCCC3C3CCC3)cc21. The van der Waals surface area contributed by atoms with Crippen molar-refractivity contribution in [3.8, 4) is 11.1 Å². The predicted molar refractivity (Wildman–Crippen MR) is 96.7 cm³/mol. The van der Waals surface area contributed by atoms with E-state index in [2.05, 4.69) is 4.90 Å². The van der Waals surface area contributed by atoms with Crippen molar-refractivity contribution >= 4 is 11.7 Å². The lowest BCUT2D eigenvalue weighted by molar-refractivity contribution is 0.0626. The summed E-state index contributed by atoms with van der Waals surface area (Å²) in [6.45, 7) is 0.852. The average Bonchev–Trinajstić information content (AvgIpc) is 3.17. The third kappa shape index (κ3) is 2.18. The van der Waals surface area contributed by atoms with E-state index in [1.165, 1.54) is 19.3 Å². The fraction of sp³-hybridized carbons (Fsp3) is 0.364. The Balaban J connectivity index is 1.48. The van der Waals surface area contributed by atoms with E-state index in [9.17, 15) is 9.59 Å². The summed E-state index contributed by atoms with van der Waals surface area (Å²) in [5.41, 5.74) is 4.01. The van der Waals surface area contributed by atoms with E-state index in [1.54, 1.807) is 0 Å². The molecular weight excluding hydrogens is 310 g/mol. The Morgan fingerprint density at radius 3 is 2.40 bits per heavy atom. The number of hydrogen-bond donors (Lipinski definition) is 0. The van der Waals surface area contributed by atoms with Crippen LogP contribution in [-0.2, 0) is 0 Å². The number of ketones is 1. The first kappa shape index (κ1) is 14.9. The molecule has 1 aliphatic heterocycles. The second kappa shape index (κ2) is 5.55. The van der Waals surface area contributed by atoms with E-state index in [-0.39, 0.29) is 11.7 Å². The van der Waals surface area contributed by atoms with Gasteiger partial charge in [0.25, 0.3) is 5.91 Å². The number of hydrogen-bond acceptors (Lipinski definition) is 2. The minimum absolute atomic E-state index is 0.0391. The highest BCUT2D eigenvalue weighted by atomic mass is 16.2. The molecular formula is C22H21NO2. The van der Waals surface area contributed by atoms with Crippen LogP contribution in [0.15, 0.2) is 42.5 Å². The van der Waals surface area contributed by atoms with E-state index < -0.39 is 0 Å². The quantitative estimate of drug-likeness (QED) is 0.702. The molecule has 1 unspecified atom stereocenters. The van der Waals surface area contributed by atoms with E-state index in [1.807, 2.05) is 42.5 Å². The average molecular weight is 331 g/mol. The minimum atomic E-state index is 0.0391. The number of likely N-dealkylation sites (tertiary alicyclic amines) is 1. The molecule has 3 heteroatoms. The van der Waals surface area contributed by atoms with Gasteiger partial charge in [0.05, 0.1) is 0 Å². The molecule has 2 aliphatic carbocycles. The van der Waals surface area contributed by atoms with Crippen molar-refractivity contribution in [3.63, 3.8) is 0 Å². The molecule has 1 amide bonds. The third-order valence-electron chi connectivity index (χ3n) is 6.23. The normalized spacial score (nSPS) is 21.8. The molecule has 3 nitrogen and oxygen atoms in total. The standard InChI is InChI=1S/C22H21NO2/c24-21-18-8-2-1-7-16(18)17-11-10-15(13-19(17)21)22(25)23-12-4-9-20(23)14-5-3-6-14/h1-2,7-8,10-11,13-14,20H,3-6,9,12H2. The second-order valence-corrected chi connectivity index (χ2v) is 7.53. The maximum absolute atomic E-state index is 13.1. The number of nitrogens with zero attached hydrogens (tertiary/aromatic N) is 1. The third-order valence-corrected chi connectivity index (χ3v) is 6.23. The monoisotopic (exact) mass is 331 g/mol. The molecule has 2 fully saturated rings. The van der Waals surface area contributed by atoms with Crippen LogP contribution >= 0.6 is 0 Å². The molecule has 0 aromatic heterocycles. The van der Waals surface area contributed by atoms with Gasteiger partial charge in [0.15, 0.2) is 5.78 Å². The molecule has 0 N–H and O–H groups in total. The molecule has 1 heterocycles. The van der Waals surface area contributed by atoms with Crippen molar-refractivity contribution in [3.05, 3.63) is 59.2 Å². The summed E-state index contributed by atoms with van der Waals surface area (Å²) >= 11 is 0. The van der Waals surface area contributed by atoms with Crippen molar-refractivity contribution in [2.24, 2.45) is 5.92 Å². The summed E-state index contributed by atoms with van der Waals surface area (Å²) < 4.78 is 0. The molecule has 1 atom stereocenters. The number of benzene rings is 2. The number of fused-ring (bicyclic) bond motifs is 3. The Labute approximate surface area is 147 Å². The van der Waals surface area contributed by atoms with Gasteiger partial charge in [-0.2, -0.15) is 0 Å². The molecule has 2 aromatic carbocycles. The van der Waals surface area contributed by atoms with E-state index in [4.69, 9.17) is 0 Å².